The molecular formula is C23H23N9O. The van der Waals surface area contributed by atoms with Crippen molar-refractivity contribution >= 4 is 11.9 Å². The molecule has 33 heavy (non-hydrogen) atoms. The molecule has 166 valence electrons. The molecule has 0 radical (unpaired) electrons. The second kappa shape index (κ2) is 8.12. The van der Waals surface area contributed by atoms with E-state index in [1.165, 1.54) is 11.1 Å². The van der Waals surface area contributed by atoms with Crippen molar-refractivity contribution < 1.29 is 4.79 Å². The van der Waals surface area contributed by atoms with Gasteiger partial charge < -0.3 is 10.2 Å². The van der Waals surface area contributed by atoms with Crippen LogP contribution in [0.3, 0.4) is 0 Å². The molecule has 3 aromatic heterocycles. The van der Waals surface area contributed by atoms with E-state index >= 15 is 0 Å². The van der Waals surface area contributed by atoms with E-state index in [0.29, 0.717) is 31.5 Å². The number of anilines is 1. The fourth-order valence-corrected chi connectivity index (χ4v) is 4.54. The number of nitrogens with one attached hydrogen (secondary N) is 2. The van der Waals surface area contributed by atoms with Crippen molar-refractivity contribution in [2.45, 2.75) is 38.4 Å². The first-order valence-corrected chi connectivity index (χ1v) is 11.1. The highest BCUT2D eigenvalue weighted by molar-refractivity contribution is 5.76. The molecular weight excluding hydrogens is 418 g/mol. The van der Waals surface area contributed by atoms with Gasteiger partial charge >= 0.3 is 0 Å². The third-order valence-corrected chi connectivity index (χ3v) is 6.28. The first-order chi connectivity index (χ1) is 16.2. The van der Waals surface area contributed by atoms with E-state index in [0.717, 1.165) is 35.5 Å². The third kappa shape index (κ3) is 3.95. The fourth-order valence-electron chi connectivity index (χ4n) is 4.54. The summed E-state index contributed by atoms with van der Waals surface area (Å²) in [6, 6.07) is 10.7. The van der Waals surface area contributed by atoms with E-state index in [1.807, 2.05) is 6.07 Å². The molecule has 0 fully saturated rings. The molecule has 0 unspecified atom stereocenters. The van der Waals surface area contributed by atoms with Gasteiger partial charge in [-0.05, 0) is 30.0 Å². The highest BCUT2D eigenvalue weighted by Gasteiger charge is 2.24. The van der Waals surface area contributed by atoms with Crippen LogP contribution in [0.1, 0.15) is 22.5 Å². The van der Waals surface area contributed by atoms with E-state index in [-0.39, 0.29) is 12.5 Å². The highest BCUT2D eigenvalue weighted by atomic mass is 16.2. The maximum Gasteiger partial charge on any atom is 0.244 e. The smallest absolute Gasteiger partial charge is 0.244 e. The molecule has 1 aliphatic heterocycles. The Labute approximate surface area is 190 Å². The number of benzene rings is 1. The van der Waals surface area contributed by atoms with Gasteiger partial charge in [0.1, 0.15) is 12.2 Å². The molecule has 10 heteroatoms. The first kappa shape index (κ1) is 19.6. The summed E-state index contributed by atoms with van der Waals surface area (Å²) >= 11 is 0. The number of aromatic nitrogens is 7. The largest absolute Gasteiger partial charge is 0.351 e. The van der Waals surface area contributed by atoms with Crippen LogP contribution in [0.4, 0.5) is 5.95 Å². The Kier molecular flexibility index (Phi) is 4.82. The number of hydrogen-bond donors (Lipinski definition) is 2. The molecule has 1 amide bonds. The number of rotatable bonds is 5. The molecule has 2 aliphatic rings. The summed E-state index contributed by atoms with van der Waals surface area (Å²) in [5.74, 6) is 0.621. The van der Waals surface area contributed by atoms with E-state index in [9.17, 15) is 4.79 Å². The number of H-pyrrole nitrogens is 1. The van der Waals surface area contributed by atoms with Gasteiger partial charge in [-0.1, -0.05) is 24.3 Å². The molecule has 10 nitrogen and oxygen atoms in total. The van der Waals surface area contributed by atoms with E-state index < -0.39 is 0 Å². The minimum atomic E-state index is 0.00616. The number of nitrogens with zero attached hydrogens (tertiary/aromatic N) is 7. The molecule has 0 atom stereocenters. The standard InChI is InChI=1S/C23H23N9O/c33-22(31-7-5-20-21(13-31)28-30-27-20)14-32-8-6-19(29-32)17-11-24-23(25-12-17)26-18-9-15-3-1-2-4-16(15)10-18/h1-4,6,8,11-12,18H,5,7,9-10,13-14H2,(H,24,25,26)(H,27,28,30). The van der Waals surface area contributed by atoms with Crippen LogP contribution >= 0.6 is 0 Å². The average Bonchev–Trinajstić information content (AvgIpc) is 3.58. The third-order valence-electron chi connectivity index (χ3n) is 6.28. The van der Waals surface area contributed by atoms with E-state index in [4.69, 9.17) is 0 Å². The molecule has 0 spiro atoms. The van der Waals surface area contributed by atoms with Crippen LogP contribution < -0.4 is 5.32 Å². The van der Waals surface area contributed by atoms with Gasteiger partial charge in [0, 0.05) is 43.2 Å². The summed E-state index contributed by atoms with van der Waals surface area (Å²) in [6.07, 6.45) is 8.02. The molecule has 4 aromatic rings. The Morgan fingerprint density at radius 1 is 1.06 bits per heavy atom. The Balaban J connectivity index is 1.07. The van der Waals surface area contributed by atoms with Crippen molar-refractivity contribution in [1.29, 1.82) is 0 Å². The number of amides is 1. The lowest BCUT2D eigenvalue weighted by Gasteiger charge is -2.25. The summed E-state index contributed by atoms with van der Waals surface area (Å²) in [4.78, 5) is 23.5. The van der Waals surface area contributed by atoms with Crippen LogP contribution in [0.5, 0.6) is 0 Å². The lowest BCUT2D eigenvalue weighted by molar-refractivity contribution is -0.133. The van der Waals surface area contributed by atoms with Gasteiger partial charge in [-0.25, -0.2) is 9.97 Å². The zero-order chi connectivity index (χ0) is 22.2. The number of carbonyl (C=O) groups is 1. The van der Waals surface area contributed by atoms with E-state index in [1.54, 1.807) is 28.2 Å². The van der Waals surface area contributed by atoms with Gasteiger partial charge in [0.05, 0.1) is 17.9 Å². The highest BCUT2D eigenvalue weighted by Crippen LogP contribution is 2.24. The normalized spacial score (nSPS) is 15.3. The van der Waals surface area contributed by atoms with Crippen molar-refractivity contribution in [2.75, 3.05) is 11.9 Å². The molecule has 0 bridgehead atoms. The summed E-state index contributed by atoms with van der Waals surface area (Å²) in [5.41, 5.74) is 6.10. The first-order valence-electron chi connectivity index (χ1n) is 11.1. The minimum Gasteiger partial charge on any atom is -0.351 e. The summed E-state index contributed by atoms with van der Waals surface area (Å²) in [5, 5.41) is 18.8. The predicted molar refractivity (Wildman–Crippen MR) is 120 cm³/mol. The van der Waals surface area contributed by atoms with Crippen LogP contribution in [-0.2, 0) is 37.1 Å². The molecule has 0 saturated carbocycles. The molecule has 6 rings (SSSR count). The predicted octanol–water partition coefficient (Wildman–Crippen LogP) is 1.62. The number of carbonyl (C=O) groups excluding carboxylic acids is 1. The van der Waals surface area contributed by atoms with Crippen LogP contribution in [-0.4, -0.2) is 58.6 Å². The van der Waals surface area contributed by atoms with Gasteiger partial charge in [-0.15, -0.1) is 0 Å². The summed E-state index contributed by atoms with van der Waals surface area (Å²) in [6.45, 7) is 1.30. The van der Waals surface area contributed by atoms with Gasteiger partial charge in [0.15, 0.2) is 0 Å². The molecule has 1 aromatic carbocycles. The summed E-state index contributed by atoms with van der Waals surface area (Å²) in [7, 11) is 0. The van der Waals surface area contributed by atoms with Crippen LogP contribution in [0, 0.1) is 0 Å². The Bertz CT molecular complexity index is 1270. The second-order valence-corrected chi connectivity index (χ2v) is 8.49. The minimum absolute atomic E-state index is 0.00616. The van der Waals surface area contributed by atoms with Crippen molar-refractivity contribution in [3.05, 3.63) is 71.4 Å². The van der Waals surface area contributed by atoms with Gasteiger partial charge in [0.25, 0.3) is 0 Å². The number of fused-ring (bicyclic) bond motifs is 2. The van der Waals surface area contributed by atoms with Crippen LogP contribution in [0.15, 0.2) is 48.9 Å². The quantitative estimate of drug-likeness (QED) is 0.483. The zero-order valence-corrected chi connectivity index (χ0v) is 18.0. The zero-order valence-electron chi connectivity index (χ0n) is 18.0. The number of hydrogen-bond acceptors (Lipinski definition) is 7. The fraction of sp³-hybridized carbons (Fsp3) is 0.304. The van der Waals surface area contributed by atoms with Crippen molar-refractivity contribution in [3.63, 3.8) is 0 Å². The SMILES string of the molecule is O=C(Cn1ccc(-c2cnc(NC3Cc4ccccc4C3)nc2)n1)N1CCc2n[nH]nc2C1. The molecule has 4 heterocycles. The van der Waals surface area contributed by atoms with Gasteiger partial charge in [0.2, 0.25) is 11.9 Å². The Morgan fingerprint density at radius 3 is 2.61 bits per heavy atom. The van der Waals surface area contributed by atoms with E-state index in [2.05, 4.69) is 60.1 Å². The van der Waals surface area contributed by atoms with Gasteiger partial charge in [-0.2, -0.15) is 20.5 Å². The van der Waals surface area contributed by atoms with Crippen molar-refractivity contribution in [2.24, 2.45) is 0 Å². The van der Waals surface area contributed by atoms with Gasteiger partial charge in [-0.3, -0.25) is 9.48 Å². The van der Waals surface area contributed by atoms with Crippen LogP contribution in [0.25, 0.3) is 11.3 Å². The molecule has 0 saturated heterocycles. The average molecular weight is 441 g/mol. The lowest BCUT2D eigenvalue weighted by atomic mass is 10.1. The summed E-state index contributed by atoms with van der Waals surface area (Å²) < 4.78 is 1.65. The Hall–Kier alpha value is -4.08. The maximum absolute atomic E-state index is 12.7. The van der Waals surface area contributed by atoms with Crippen LogP contribution in [0.2, 0.25) is 0 Å². The topological polar surface area (TPSA) is 118 Å². The second-order valence-electron chi connectivity index (χ2n) is 8.49. The maximum atomic E-state index is 12.7. The number of aromatic amines is 1. The Morgan fingerprint density at radius 2 is 1.82 bits per heavy atom. The van der Waals surface area contributed by atoms with Crippen molar-refractivity contribution in [3.8, 4) is 11.3 Å². The van der Waals surface area contributed by atoms with Crippen molar-refractivity contribution in [1.82, 2.24) is 40.1 Å². The molecule has 1 aliphatic carbocycles. The lowest BCUT2D eigenvalue weighted by Crippen LogP contribution is -2.38. The monoisotopic (exact) mass is 441 g/mol. The molecule has 2 N–H and O–H groups in total.